The van der Waals surface area contributed by atoms with Gasteiger partial charge in [-0.15, -0.1) is 0 Å². The molecule has 0 saturated heterocycles. The summed E-state index contributed by atoms with van der Waals surface area (Å²) in [5.41, 5.74) is 1.01. The standard InChI is InChI=1S/C18H23N5/c1-14(2)17-21-16-8-4-3-7-15(16)18(22-17)20-9-5-6-11-23-12-10-19-13-23/h3-4,7-8,10,12-14H,5-6,9,11H2,1-2H3,(H,20,21,22). The molecule has 0 spiro atoms. The van der Waals surface area contributed by atoms with Gasteiger partial charge in [0, 0.05) is 36.8 Å². The molecule has 5 heteroatoms. The van der Waals surface area contributed by atoms with Crippen molar-refractivity contribution in [1.82, 2.24) is 19.5 Å². The number of anilines is 1. The average molecular weight is 309 g/mol. The molecule has 0 atom stereocenters. The third-order valence-corrected chi connectivity index (χ3v) is 3.83. The molecule has 2 heterocycles. The lowest BCUT2D eigenvalue weighted by atomic mass is 10.1. The molecule has 5 nitrogen and oxygen atoms in total. The molecule has 1 aromatic carbocycles. The van der Waals surface area contributed by atoms with E-state index in [1.165, 1.54) is 0 Å². The third-order valence-electron chi connectivity index (χ3n) is 3.83. The summed E-state index contributed by atoms with van der Waals surface area (Å²) in [6.07, 6.45) is 7.89. The maximum atomic E-state index is 4.71. The third kappa shape index (κ3) is 3.86. The van der Waals surface area contributed by atoms with Crippen molar-refractivity contribution in [2.45, 2.75) is 39.2 Å². The Labute approximate surface area is 136 Å². The van der Waals surface area contributed by atoms with Crippen LogP contribution in [-0.4, -0.2) is 26.1 Å². The maximum absolute atomic E-state index is 4.71. The molecule has 0 fully saturated rings. The molecule has 23 heavy (non-hydrogen) atoms. The lowest BCUT2D eigenvalue weighted by molar-refractivity contribution is 0.620. The Morgan fingerprint density at radius 1 is 1.13 bits per heavy atom. The molecule has 3 rings (SSSR count). The second-order valence-electron chi connectivity index (χ2n) is 6.04. The largest absolute Gasteiger partial charge is 0.369 e. The van der Waals surface area contributed by atoms with E-state index in [9.17, 15) is 0 Å². The summed E-state index contributed by atoms with van der Waals surface area (Å²) < 4.78 is 2.11. The summed E-state index contributed by atoms with van der Waals surface area (Å²) >= 11 is 0. The zero-order chi connectivity index (χ0) is 16.1. The van der Waals surface area contributed by atoms with Crippen LogP contribution in [0.2, 0.25) is 0 Å². The number of unbranched alkanes of at least 4 members (excludes halogenated alkanes) is 1. The quantitative estimate of drug-likeness (QED) is 0.674. The highest BCUT2D eigenvalue weighted by Gasteiger charge is 2.09. The van der Waals surface area contributed by atoms with Crippen LogP contribution in [0.4, 0.5) is 5.82 Å². The van der Waals surface area contributed by atoms with Gasteiger partial charge < -0.3 is 9.88 Å². The second-order valence-corrected chi connectivity index (χ2v) is 6.04. The van der Waals surface area contributed by atoms with Gasteiger partial charge in [-0.3, -0.25) is 0 Å². The SMILES string of the molecule is CC(C)c1nc(NCCCCn2ccnc2)c2ccccc2n1. The second kappa shape index (κ2) is 7.22. The van der Waals surface area contributed by atoms with E-state index in [4.69, 9.17) is 4.98 Å². The Balaban J connectivity index is 1.64. The number of nitrogens with zero attached hydrogens (tertiary/aromatic N) is 4. The number of nitrogens with one attached hydrogen (secondary N) is 1. The Morgan fingerprint density at radius 2 is 2.00 bits per heavy atom. The van der Waals surface area contributed by atoms with Gasteiger partial charge in [0.05, 0.1) is 11.8 Å². The number of fused-ring (bicyclic) bond motifs is 1. The molecule has 3 aromatic rings. The Hall–Kier alpha value is -2.43. The van der Waals surface area contributed by atoms with Crippen LogP contribution in [0.25, 0.3) is 10.9 Å². The summed E-state index contributed by atoms with van der Waals surface area (Å²) in [6, 6.07) is 8.18. The van der Waals surface area contributed by atoms with E-state index in [-0.39, 0.29) is 0 Å². The van der Waals surface area contributed by atoms with Crippen LogP contribution >= 0.6 is 0 Å². The van der Waals surface area contributed by atoms with Crippen molar-refractivity contribution in [2.24, 2.45) is 0 Å². The number of para-hydroxylation sites is 1. The number of aryl methyl sites for hydroxylation is 1. The Morgan fingerprint density at radius 3 is 2.78 bits per heavy atom. The molecule has 0 aliphatic heterocycles. The first-order valence-electron chi connectivity index (χ1n) is 8.20. The summed E-state index contributed by atoms with van der Waals surface area (Å²) in [7, 11) is 0. The zero-order valence-electron chi connectivity index (χ0n) is 13.7. The molecule has 0 saturated carbocycles. The van der Waals surface area contributed by atoms with Crippen molar-refractivity contribution in [1.29, 1.82) is 0 Å². The molecular formula is C18H23N5. The van der Waals surface area contributed by atoms with Crippen LogP contribution in [0.5, 0.6) is 0 Å². The topological polar surface area (TPSA) is 55.6 Å². The number of hydrogen-bond donors (Lipinski definition) is 1. The van der Waals surface area contributed by atoms with Crippen LogP contribution in [-0.2, 0) is 6.54 Å². The summed E-state index contributed by atoms with van der Waals surface area (Å²) in [6.45, 7) is 6.16. The van der Waals surface area contributed by atoms with Crippen molar-refractivity contribution in [2.75, 3.05) is 11.9 Å². The molecule has 0 amide bonds. The molecular weight excluding hydrogens is 286 g/mol. The normalized spacial score (nSPS) is 11.3. The van der Waals surface area contributed by atoms with E-state index in [1.807, 2.05) is 36.9 Å². The smallest absolute Gasteiger partial charge is 0.137 e. The number of imidazole rings is 1. The fourth-order valence-corrected chi connectivity index (χ4v) is 2.53. The Bertz CT molecular complexity index is 749. The average Bonchev–Trinajstić information content (AvgIpc) is 3.07. The fourth-order valence-electron chi connectivity index (χ4n) is 2.53. The number of hydrogen-bond acceptors (Lipinski definition) is 4. The molecule has 0 bridgehead atoms. The van der Waals surface area contributed by atoms with Crippen molar-refractivity contribution in [3.05, 3.63) is 48.8 Å². The van der Waals surface area contributed by atoms with Gasteiger partial charge in [-0.2, -0.15) is 0 Å². The van der Waals surface area contributed by atoms with E-state index < -0.39 is 0 Å². The van der Waals surface area contributed by atoms with Crippen molar-refractivity contribution in [3.8, 4) is 0 Å². The van der Waals surface area contributed by atoms with Gasteiger partial charge in [-0.25, -0.2) is 15.0 Å². The van der Waals surface area contributed by atoms with Gasteiger partial charge in [0.15, 0.2) is 0 Å². The molecule has 120 valence electrons. The lowest BCUT2D eigenvalue weighted by Crippen LogP contribution is -2.08. The van der Waals surface area contributed by atoms with E-state index in [0.29, 0.717) is 5.92 Å². The first-order valence-corrected chi connectivity index (χ1v) is 8.20. The van der Waals surface area contributed by atoms with Gasteiger partial charge in [0.2, 0.25) is 0 Å². The highest BCUT2D eigenvalue weighted by molar-refractivity contribution is 5.89. The van der Waals surface area contributed by atoms with Gasteiger partial charge in [0.25, 0.3) is 0 Å². The molecule has 1 N–H and O–H groups in total. The summed E-state index contributed by atoms with van der Waals surface area (Å²) in [5, 5.41) is 4.58. The highest BCUT2D eigenvalue weighted by Crippen LogP contribution is 2.22. The Kier molecular flexibility index (Phi) is 4.86. The number of rotatable bonds is 7. The minimum Gasteiger partial charge on any atom is -0.369 e. The van der Waals surface area contributed by atoms with E-state index in [1.54, 1.807) is 0 Å². The van der Waals surface area contributed by atoms with Crippen LogP contribution in [0.1, 0.15) is 38.4 Å². The molecule has 0 unspecified atom stereocenters. The summed E-state index contributed by atoms with van der Waals surface area (Å²) in [5.74, 6) is 2.16. The molecule has 2 aromatic heterocycles. The lowest BCUT2D eigenvalue weighted by Gasteiger charge is -2.12. The fraction of sp³-hybridized carbons (Fsp3) is 0.389. The van der Waals surface area contributed by atoms with Crippen molar-refractivity contribution in [3.63, 3.8) is 0 Å². The van der Waals surface area contributed by atoms with Crippen LogP contribution in [0.3, 0.4) is 0 Å². The van der Waals surface area contributed by atoms with Gasteiger partial charge in [0.1, 0.15) is 11.6 Å². The molecule has 0 aliphatic rings. The number of aromatic nitrogens is 4. The molecule has 0 radical (unpaired) electrons. The van der Waals surface area contributed by atoms with Gasteiger partial charge >= 0.3 is 0 Å². The minimum atomic E-state index is 0.321. The van der Waals surface area contributed by atoms with Gasteiger partial charge in [-0.05, 0) is 25.0 Å². The monoisotopic (exact) mass is 309 g/mol. The first-order chi connectivity index (χ1) is 11.2. The van der Waals surface area contributed by atoms with Crippen LogP contribution in [0.15, 0.2) is 43.0 Å². The first kappa shape index (κ1) is 15.5. The maximum Gasteiger partial charge on any atom is 0.137 e. The van der Waals surface area contributed by atoms with E-state index >= 15 is 0 Å². The molecule has 0 aliphatic carbocycles. The predicted octanol–water partition coefficient (Wildman–Crippen LogP) is 3.84. The van der Waals surface area contributed by atoms with Gasteiger partial charge in [-0.1, -0.05) is 26.0 Å². The van der Waals surface area contributed by atoms with Crippen LogP contribution in [0, 0.1) is 0 Å². The minimum absolute atomic E-state index is 0.321. The zero-order valence-corrected chi connectivity index (χ0v) is 13.7. The van der Waals surface area contributed by atoms with E-state index in [2.05, 4.69) is 39.8 Å². The summed E-state index contributed by atoms with van der Waals surface area (Å²) in [4.78, 5) is 13.4. The number of benzene rings is 1. The highest BCUT2D eigenvalue weighted by atomic mass is 15.0. The van der Waals surface area contributed by atoms with Crippen LogP contribution < -0.4 is 5.32 Å². The van der Waals surface area contributed by atoms with Crippen molar-refractivity contribution < 1.29 is 0 Å². The predicted molar refractivity (Wildman–Crippen MR) is 93.6 cm³/mol. The van der Waals surface area contributed by atoms with Crippen molar-refractivity contribution >= 4 is 16.7 Å². The van der Waals surface area contributed by atoms with E-state index in [0.717, 1.165) is 48.5 Å².